The maximum absolute atomic E-state index is 12.5. The Morgan fingerprint density at radius 2 is 1.76 bits per heavy atom. The van der Waals surface area contributed by atoms with E-state index in [9.17, 15) is 13.2 Å². The van der Waals surface area contributed by atoms with Gasteiger partial charge in [0.05, 0.1) is 11.4 Å². The van der Waals surface area contributed by atoms with Crippen LogP contribution in [0, 0.1) is 6.92 Å². The Morgan fingerprint density at radius 3 is 2.38 bits per heavy atom. The molecule has 1 fully saturated rings. The fourth-order valence-electron chi connectivity index (χ4n) is 3.18. The van der Waals surface area contributed by atoms with Crippen molar-refractivity contribution in [3.05, 3.63) is 58.1 Å². The first-order valence-electron chi connectivity index (χ1n) is 9.29. The summed E-state index contributed by atoms with van der Waals surface area (Å²) in [5.41, 5.74) is 1.61. The minimum atomic E-state index is -3.58. The highest BCUT2D eigenvalue weighted by Gasteiger charge is 2.25. The van der Waals surface area contributed by atoms with E-state index in [1.807, 2.05) is 24.0 Å². The first-order chi connectivity index (χ1) is 13.7. The molecule has 0 radical (unpaired) electrons. The van der Waals surface area contributed by atoms with Gasteiger partial charge in [0.1, 0.15) is 0 Å². The summed E-state index contributed by atoms with van der Waals surface area (Å²) < 4.78 is 27.7. The second-order valence-electron chi connectivity index (χ2n) is 7.14. The smallest absolute Gasteiger partial charge is 0.240 e. The van der Waals surface area contributed by atoms with Crippen molar-refractivity contribution in [1.82, 2.24) is 9.62 Å². The van der Waals surface area contributed by atoms with Crippen LogP contribution >= 0.6 is 23.2 Å². The van der Waals surface area contributed by atoms with Crippen molar-refractivity contribution in [3.8, 4) is 0 Å². The van der Waals surface area contributed by atoms with Gasteiger partial charge >= 0.3 is 0 Å². The van der Waals surface area contributed by atoms with Gasteiger partial charge in [0.2, 0.25) is 15.9 Å². The van der Waals surface area contributed by atoms with E-state index in [0.717, 1.165) is 5.56 Å². The summed E-state index contributed by atoms with van der Waals surface area (Å²) in [6.07, 6.45) is 1.27. The van der Waals surface area contributed by atoms with Crippen LogP contribution in [-0.2, 0) is 14.8 Å². The maximum atomic E-state index is 12.5. The molecule has 1 saturated heterocycles. The molecule has 2 N–H and O–H groups in total. The first-order valence-corrected chi connectivity index (χ1v) is 11.5. The number of carbonyl (C=O) groups is 1. The number of piperidine rings is 1. The average Bonchev–Trinajstić information content (AvgIpc) is 2.66. The normalized spacial score (nSPS) is 16.0. The molecule has 2 aromatic rings. The Balaban J connectivity index is 1.48. The summed E-state index contributed by atoms with van der Waals surface area (Å²) >= 11 is 11.9. The lowest BCUT2D eigenvalue weighted by atomic mass is 10.1. The summed E-state index contributed by atoms with van der Waals surface area (Å²) in [7, 11) is -3.58. The van der Waals surface area contributed by atoms with Crippen LogP contribution in [0.2, 0.25) is 10.0 Å². The third-order valence-corrected chi connectivity index (χ3v) is 7.05. The van der Waals surface area contributed by atoms with Gasteiger partial charge in [0, 0.05) is 34.9 Å². The highest BCUT2D eigenvalue weighted by molar-refractivity contribution is 7.89. The van der Waals surface area contributed by atoms with Crippen LogP contribution in [0.1, 0.15) is 18.4 Å². The maximum Gasteiger partial charge on any atom is 0.240 e. The van der Waals surface area contributed by atoms with Crippen molar-refractivity contribution in [2.75, 3.05) is 25.0 Å². The molecule has 29 heavy (non-hydrogen) atoms. The van der Waals surface area contributed by atoms with E-state index in [1.54, 1.807) is 18.2 Å². The Morgan fingerprint density at radius 1 is 1.10 bits per heavy atom. The Kier molecular flexibility index (Phi) is 7.19. The van der Waals surface area contributed by atoms with Gasteiger partial charge in [-0.25, -0.2) is 13.1 Å². The van der Waals surface area contributed by atoms with Gasteiger partial charge in [-0.05, 0) is 61.7 Å². The molecule has 9 heteroatoms. The third-order valence-electron chi connectivity index (χ3n) is 4.86. The van der Waals surface area contributed by atoms with Gasteiger partial charge in [-0.15, -0.1) is 0 Å². The largest absolute Gasteiger partial charge is 0.325 e. The Hall–Kier alpha value is -1.64. The molecule has 0 bridgehead atoms. The number of nitrogens with zero attached hydrogens (tertiary/aromatic N) is 1. The van der Waals surface area contributed by atoms with E-state index in [2.05, 4.69) is 10.0 Å². The summed E-state index contributed by atoms with van der Waals surface area (Å²) in [6, 6.07) is 11.3. The number of likely N-dealkylation sites (tertiary alicyclic amines) is 1. The quantitative estimate of drug-likeness (QED) is 0.695. The lowest BCUT2D eigenvalue weighted by Crippen LogP contribution is -2.46. The molecule has 2 aromatic carbocycles. The second kappa shape index (κ2) is 9.45. The van der Waals surface area contributed by atoms with Crippen LogP contribution in [0.25, 0.3) is 0 Å². The zero-order valence-corrected chi connectivity index (χ0v) is 18.3. The van der Waals surface area contributed by atoms with Crippen LogP contribution in [0.3, 0.4) is 0 Å². The molecule has 0 saturated carbocycles. The van der Waals surface area contributed by atoms with Crippen LogP contribution in [-0.4, -0.2) is 44.9 Å². The molecule has 1 heterocycles. The van der Waals surface area contributed by atoms with E-state index in [4.69, 9.17) is 23.2 Å². The molecule has 6 nitrogen and oxygen atoms in total. The Bertz CT molecular complexity index is 973. The van der Waals surface area contributed by atoms with Crippen molar-refractivity contribution in [2.24, 2.45) is 0 Å². The number of aryl methyl sites for hydroxylation is 1. The van der Waals surface area contributed by atoms with Gasteiger partial charge < -0.3 is 5.32 Å². The first kappa shape index (κ1) is 22.1. The van der Waals surface area contributed by atoms with Crippen molar-refractivity contribution in [1.29, 1.82) is 0 Å². The molecular weight excluding hydrogens is 433 g/mol. The molecule has 1 aliphatic rings. The number of rotatable bonds is 6. The molecule has 0 aliphatic carbocycles. The van der Waals surface area contributed by atoms with Crippen molar-refractivity contribution < 1.29 is 13.2 Å². The second-order valence-corrected chi connectivity index (χ2v) is 9.70. The average molecular weight is 456 g/mol. The molecule has 0 atom stereocenters. The van der Waals surface area contributed by atoms with Crippen molar-refractivity contribution in [3.63, 3.8) is 0 Å². The fourth-order valence-corrected chi connectivity index (χ4v) is 4.80. The van der Waals surface area contributed by atoms with E-state index in [1.165, 1.54) is 12.1 Å². The van der Waals surface area contributed by atoms with Crippen LogP contribution in [0.15, 0.2) is 47.4 Å². The summed E-state index contributed by atoms with van der Waals surface area (Å²) in [4.78, 5) is 14.5. The summed E-state index contributed by atoms with van der Waals surface area (Å²) in [6.45, 7) is 3.42. The number of anilines is 1. The summed E-state index contributed by atoms with van der Waals surface area (Å²) in [5, 5.41) is 3.94. The predicted molar refractivity (Wildman–Crippen MR) is 116 cm³/mol. The number of nitrogens with one attached hydrogen (secondary N) is 2. The van der Waals surface area contributed by atoms with Gasteiger partial charge in [0.25, 0.3) is 0 Å². The number of benzene rings is 2. The number of hydrogen-bond donors (Lipinski definition) is 2. The minimum Gasteiger partial charge on any atom is -0.325 e. The number of carbonyl (C=O) groups excluding carboxylic acids is 1. The molecule has 0 aromatic heterocycles. The van der Waals surface area contributed by atoms with E-state index >= 15 is 0 Å². The van der Waals surface area contributed by atoms with E-state index in [-0.39, 0.29) is 23.4 Å². The molecule has 3 rings (SSSR count). The lowest BCUT2D eigenvalue weighted by Gasteiger charge is -2.31. The lowest BCUT2D eigenvalue weighted by molar-refractivity contribution is -0.117. The topological polar surface area (TPSA) is 78.5 Å². The SMILES string of the molecule is Cc1ccc(NC(=O)CN2CCC(NS(=O)(=O)c3ccc(Cl)cc3)CC2)cc1Cl. The van der Waals surface area contributed by atoms with Gasteiger partial charge in [-0.2, -0.15) is 0 Å². The van der Waals surface area contributed by atoms with Crippen molar-refractivity contribution >= 4 is 44.8 Å². The number of amides is 1. The molecule has 156 valence electrons. The monoisotopic (exact) mass is 455 g/mol. The van der Waals surface area contributed by atoms with E-state index < -0.39 is 10.0 Å². The number of halogens is 2. The fraction of sp³-hybridized carbons (Fsp3) is 0.350. The van der Waals surface area contributed by atoms with Crippen LogP contribution < -0.4 is 10.0 Å². The molecule has 0 spiro atoms. The standard InChI is InChI=1S/C20H23Cl2N3O3S/c1-14-2-5-17(12-19(14)22)23-20(26)13-25-10-8-16(9-11-25)24-29(27,28)18-6-3-15(21)4-7-18/h2-7,12,16,24H,8-11,13H2,1H3,(H,23,26). The molecular formula is C20H23Cl2N3O3S. The molecule has 0 unspecified atom stereocenters. The third kappa shape index (κ3) is 6.17. The van der Waals surface area contributed by atoms with Crippen molar-refractivity contribution in [2.45, 2.75) is 30.7 Å². The number of sulfonamides is 1. The predicted octanol–water partition coefficient (Wildman–Crippen LogP) is 3.68. The van der Waals surface area contributed by atoms with E-state index in [0.29, 0.717) is 41.7 Å². The number of hydrogen-bond acceptors (Lipinski definition) is 4. The van der Waals surface area contributed by atoms with Gasteiger partial charge in [-0.1, -0.05) is 29.3 Å². The zero-order valence-electron chi connectivity index (χ0n) is 16.0. The van der Waals surface area contributed by atoms with Crippen LogP contribution in [0.4, 0.5) is 5.69 Å². The molecule has 1 aliphatic heterocycles. The molecule has 1 amide bonds. The highest BCUT2D eigenvalue weighted by atomic mass is 35.5. The van der Waals surface area contributed by atoms with Gasteiger partial charge in [-0.3, -0.25) is 9.69 Å². The highest BCUT2D eigenvalue weighted by Crippen LogP contribution is 2.20. The van der Waals surface area contributed by atoms with Crippen LogP contribution in [0.5, 0.6) is 0 Å². The minimum absolute atomic E-state index is 0.120. The summed E-state index contributed by atoms with van der Waals surface area (Å²) in [5.74, 6) is -0.120. The van der Waals surface area contributed by atoms with Gasteiger partial charge in [0.15, 0.2) is 0 Å². The zero-order chi connectivity index (χ0) is 21.0. The Labute approximate surface area is 181 Å².